The second-order valence-corrected chi connectivity index (χ2v) is 4.24. The number of imidazole rings is 1. The van der Waals surface area contributed by atoms with Gasteiger partial charge in [0.1, 0.15) is 6.33 Å². The fourth-order valence-corrected chi connectivity index (χ4v) is 1.80. The van der Waals surface area contributed by atoms with Crippen LogP contribution in [0, 0.1) is 0 Å². The fourth-order valence-electron chi connectivity index (χ4n) is 1.80. The molecular weight excluding hydrogens is 258 g/mol. The van der Waals surface area contributed by atoms with Crippen molar-refractivity contribution in [3.8, 4) is 0 Å². The van der Waals surface area contributed by atoms with Crippen molar-refractivity contribution in [2.75, 3.05) is 0 Å². The Morgan fingerprint density at radius 1 is 1.25 bits per heavy atom. The van der Waals surface area contributed by atoms with Gasteiger partial charge in [0.2, 0.25) is 0 Å². The van der Waals surface area contributed by atoms with Gasteiger partial charge in [0.05, 0.1) is 6.21 Å². The van der Waals surface area contributed by atoms with E-state index in [2.05, 4.69) is 15.1 Å². The first-order valence-electron chi connectivity index (χ1n) is 5.92. The van der Waals surface area contributed by atoms with E-state index in [9.17, 15) is 9.59 Å². The Balaban J connectivity index is 2.12. The van der Waals surface area contributed by atoms with Gasteiger partial charge in [-0.3, -0.25) is 14.3 Å². The Labute approximate surface area is 112 Å². The predicted molar refractivity (Wildman–Crippen MR) is 75.0 cm³/mol. The van der Waals surface area contributed by atoms with E-state index in [0.717, 1.165) is 10.1 Å². The lowest BCUT2D eigenvalue weighted by atomic mass is 10.2. The molecule has 0 fully saturated rings. The van der Waals surface area contributed by atoms with Gasteiger partial charge in [-0.1, -0.05) is 30.3 Å². The Bertz CT molecular complexity index is 902. The first kappa shape index (κ1) is 12.1. The van der Waals surface area contributed by atoms with Crippen LogP contribution in [0.4, 0.5) is 0 Å². The molecule has 20 heavy (non-hydrogen) atoms. The highest BCUT2D eigenvalue weighted by atomic mass is 16.2. The van der Waals surface area contributed by atoms with Crippen molar-refractivity contribution in [1.82, 2.24) is 19.2 Å². The molecule has 0 unspecified atom stereocenters. The quantitative estimate of drug-likeness (QED) is 0.679. The number of aromatic nitrogens is 4. The minimum absolute atomic E-state index is 0.178. The number of aromatic amines is 1. The molecule has 0 radical (unpaired) electrons. The van der Waals surface area contributed by atoms with Gasteiger partial charge >= 0.3 is 5.69 Å². The fraction of sp³-hybridized carbons (Fsp3) is 0.0769. The van der Waals surface area contributed by atoms with E-state index < -0.39 is 11.2 Å². The first-order chi connectivity index (χ1) is 9.66. The molecular formula is C13H11N5O2. The number of hydrogen-bond acceptors (Lipinski definition) is 4. The van der Waals surface area contributed by atoms with Crippen LogP contribution in [-0.2, 0) is 7.05 Å². The lowest BCUT2D eigenvalue weighted by Gasteiger charge is -1.98. The van der Waals surface area contributed by atoms with E-state index in [1.807, 2.05) is 30.3 Å². The van der Waals surface area contributed by atoms with Crippen LogP contribution in [0.2, 0.25) is 0 Å². The van der Waals surface area contributed by atoms with Gasteiger partial charge < -0.3 is 0 Å². The SMILES string of the molecule is Cn1c(=O)[nH]c2c(ncn2/N=C\c2ccccc2)c1=O. The van der Waals surface area contributed by atoms with Crippen molar-refractivity contribution in [2.45, 2.75) is 0 Å². The largest absolute Gasteiger partial charge is 0.329 e. The van der Waals surface area contributed by atoms with Crippen molar-refractivity contribution < 1.29 is 0 Å². The summed E-state index contributed by atoms with van der Waals surface area (Å²) in [5, 5.41) is 4.19. The highest BCUT2D eigenvalue weighted by molar-refractivity contribution is 5.80. The molecule has 0 bridgehead atoms. The summed E-state index contributed by atoms with van der Waals surface area (Å²) >= 11 is 0. The van der Waals surface area contributed by atoms with Crippen molar-refractivity contribution in [3.05, 3.63) is 63.1 Å². The summed E-state index contributed by atoms with van der Waals surface area (Å²) < 4.78 is 2.34. The number of nitrogens with one attached hydrogen (secondary N) is 1. The third kappa shape index (κ3) is 1.95. The Morgan fingerprint density at radius 3 is 2.75 bits per heavy atom. The molecule has 0 atom stereocenters. The average Bonchev–Trinajstić information content (AvgIpc) is 2.87. The Kier molecular flexibility index (Phi) is 2.79. The number of H-pyrrole nitrogens is 1. The number of nitrogens with zero attached hydrogens (tertiary/aromatic N) is 4. The lowest BCUT2D eigenvalue weighted by molar-refractivity contribution is 0.782. The van der Waals surface area contributed by atoms with Gasteiger partial charge in [-0.05, 0) is 5.56 Å². The molecule has 0 aliphatic rings. The minimum Gasteiger partial charge on any atom is -0.290 e. The van der Waals surface area contributed by atoms with Gasteiger partial charge in [-0.2, -0.15) is 5.10 Å². The zero-order valence-electron chi connectivity index (χ0n) is 10.6. The molecule has 2 heterocycles. The van der Waals surface area contributed by atoms with Crippen LogP contribution in [0.3, 0.4) is 0 Å². The molecule has 0 saturated carbocycles. The number of hydrogen-bond donors (Lipinski definition) is 1. The molecule has 0 aliphatic heterocycles. The summed E-state index contributed by atoms with van der Waals surface area (Å²) in [5.74, 6) is 0. The van der Waals surface area contributed by atoms with Gasteiger partial charge in [0, 0.05) is 7.05 Å². The van der Waals surface area contributed by atoms with Crippen molar-refractivity contribution in [2.24, 2.45) is 12.1 Å². The van der Waals surface area contributed by atoms with Crippen LogP contribution in [0.5, 0.6) is 0 Å². The highest BCUT2D eigenvalue weighted by Crippen LogP contribution is 2.03. The predicted octanol–water partition coefficient (Wildman–Crippen LogP) is 0.305. The van der Waals surface area contributed by atoms with E-state index in [0.29, 0.717) is 0 Å². The topological polar surface area (TPSA) is 85.0 Å². The second-order valence-electron chi connectivity index (χ2n) is 4.24. The van der Waals surface area contributed by atoms with Gasteiger partial charge in [-0.15, -0.1) is 0 Å². The van der Waals surface area contributed by atoms with Crippen LogP contribution in [0.1, 0.15) is 5.56 Å². The molecule has 7 nitrogen and oxygen atoms in total. The van der Waals surface area contributed by atoms with E-state index in [4.69, 9.17) is 0 Å². The van der Waals surface area contributed by atoms with Crippen LogP contribution in [-0.4, -0.2) is 25.4 Å². The molecule has 7 heteroatoms. The van der Waals surface area contributed by atoms with Gasteiger partial charge in [0.25, 0.3) is 5.56 Å². The monoisotopic (exact) mass is 269 g/mol. The van der Waals surface area contributed by atoms with E-state index in [1.54, 1.807) is 6.21 Å². The zero-order valence-corrected chi connectivity index (χ0v) is 10.6. The van der Waals surface area contributed by atoms with E-state index in [1.165, 1.54) is 18.1 Å². The molecule has 1 N–H and O–H groups in total. The van der Waals surface area contributed by atoms with E-state index >= 15 is 0 Å². The summed E-state index contributed by atoms with van der Waals surface area (Å²) in [6, 6.07) is 9.48. The first-order valence-corrected chi connectivity index (χ1v) is 5.92. The van der Waals surface area contributed by atoms with Crippen LogP contribution >= 0.6 is 0 Å². The summed E-state index contributed by atoms with van der Waals surface area (Å²) in [5.41, 5.74) is 0.416. The van der Waals surface area contributed by atoms with Crippen LogP contribution < -0.4 is 11.2 Å². The summed E-state index contributed by atoms with van der Waals surface area (Å²) in [6.07, 6.45) is 3.01. The Morgan fingerprint density at radius 2 is 2.00 bits per heavy atom. The maximum atomic E-state index is 11.9. The Hall–Kier alpha value is -2.96. The number of fused-ring (bicyclic) bond motifs is 1. The van der Waals surface area contributed by atoms with Gasteiger partial charge in [-0.25, -0.2) is 14.5 Å². The normalized spacial score (nSPS) is 11.4. The second kappa shape index (κ2) is 4.61. The number of rotatable bonds is 2. The van der Waals surface area contributed by atoms with Crippen molar-refractivity contribution in [1.29, 1.82) is 0 Å². The molecule has 1 aromatic carbocycles. The molecule has 3 aromatic rings. The average molecular weight is 269 g/mol. The molecule has 3 rings (SSSR count). The zero-order chi connectivity index (χ0) is 14.1. The minimum atomic E-state index is -0.501. The molecule has 0 aliphatic carbocycles. The standard InChI is InChI=1S/C13H11N5O2/c1-17-12(19)10-11(16-13(17)20)18(8-14-10)15-7-9-5-3-2-4-6-9/h2-8H,1H3,(H,16,20)/b15-7-. The van der Waals surface area contributed by atoms with Crippen molar-refractivity contribution >= 4 is 17.4 Å². The molecule has 0 amide bonds. The molecule has 100 valence electrons. The smallest absolute Gasteiger partial charge is 0.290 e. The third-order valence-corrected chi connectivity index (χ3v) is 2.92. The maximum Gasteiger partial charge on any atom is 0.329 e. The summed E-state index contributed by atoms with van der Waals surface area (Å²) in [6.45, 7) is 0. The lowest BCUT2D eigenvalue weighted by Crippen LogP contribution is -2.32. The summed E-state index contributed by atoms with van der Waals surface area (Å²) in [4.78, 5) is 30.0. The maximum absolute atomic E-state index is 11.9. The third-order valence-electron chi connectivity index (χ3n) is 2.92. The van der Waals surface area contributed by atoms with Crippen LogP contribution in [0.15, 0.2) is 51.3 Å². The molecule has 2 aromatic heterocycles. The van der Waals surface area contributed by atoms with Gasteiger partial charge in [0.15, 0.2) is 11.2 Å². The van der Waals surface area contributed by atoms with Crippen molar-refractivity contribution in [3.63, 3.8) is 0 Å². The number of benzene rings is 1. The van der Waals surface area contributed by atoms with E-state index in [-0.39, 0.29) is 11.2 Å². The molecule has 0 saturated heterocycles. The molecule has 0 spiro atoms. The highest BCUT2D eigenvalue weighted by Gasteiger charge is 2.09. The van der Waals surface area contributed by atoms with Crippen LogP contribution in [0.25, 0.3) is 11.2 Å². The summed E-state index contributed by atoms with van der Waals surface area (Å²) in [7, 11) is 1.40.